The maximum Gasteiger partial charge on any atom is 0.0802 e. The first-order valence-electron chi connectivity index (χ1n) is 5.08. The van der Waals surface area contributed by atoms with Gasteiger partial charge in [-0.1, -0.05) is 11.6 Å². The summed E-state index contributed by atoms with van der Waals surface area (Å²) in [6.07, 6.45) is 5.96. The van der Waals surface area contributed by atoms with Gasteiger partial charge < -0.3 is 10.1 Å². The highest BCUT2D eigenvalue weighted by Crippen LogP contribution is 2.34. The van der Waals surface area contributed by atoms with Crippen LogP contribution in [0.1, 0.15) is 33.1 Å². The van der Waals surface area contributed by atoms with Crippen LogP contribution in [0.2, 0.25) is 0 Å². The second-order valence-corrected chi connectivity index (χ2v) is 4.15. The van der Waals surface area contributed by atoms with Crippen molar-refractivity contribution in [2.24, 2.45) is 0 Å². The number of hydrogen-bond acceptors (Lipinski definition) is 2. The highest BCUT2D eigenvalue weighted by atomic mass is 16.5. The van der Waals surface area contributed by atoms with E-state index >= 15 is 0 Å². The van der Waals surface area contributed by atoms with E-state index in [4.69, 9.17) is 4.74 Å². The minimum absolute atomic E-state index is 0.162. The smallest absolute Gasteiger partial charge is 0.0802 e. The molecule has 0 aromatic rings. The van der Waals surface area contributed by atoms with Gasteiger partial charge in [0.2, 0.25) is 0 Å². The normalized spacial score (nSPS) is 19.3. The molecule has 0 heterocycles. The third-order valence-corrected chi connectivity index (χ3v) is 2.80. The second-order valence-electron chi connectivity index (χ2n) is 4.15. The fourth-order valence-corrected chi connectivity index (χ4v) is 1.60. The van der Waals surface area contributed by atoms with E-state index in [1.807, 2.05) is 7.11 Å². The van der Waals surface area contributed by atoms with Crippen molar-refractivity contribution in [1.29, 1.82) is 0 Å². The van der Waals surface area contributed by atoms with Crippen LogP contribution in [0.5, 0.6) is 0 Å². The van der Waals surface area contributed by atoms with Crippen molar-refractivity contribution in [3.05, 3.63) is 11.6 Å². The van der Waals surface area contributed by atoms with Crippen LogP contribution in [0, 0.1) is 0 Å². The van der Waals surface area contributed by atoms with E-state index in [-0.39, 0.29) is 5.60 Å². The predicted molar refractivity (Wildman–Crippen MR) is 55.9 cm³/mol. The van der Waals surface area contributed by atoms with Crippen molar-refractivity contribution in [2.45, 2.75) is 38.7 Å². The molecule has 1 aliphatic carbocycles. The summed E-state index contributed by atoms with van der Waals surface area (Å²) in [5.41, 5.74) is 1.53. The van der Waals surface area contributed by atoms with E-state index in [0.29, 0.717) is 0 Å². The molecule has 0 saturated heterocycles. The molecule has 2 heteroatoms. The van der Waals surface area contributed by atoms with Gasteiger partial charge in [0, 0.05) is 20.2 Å². The van der Waals surface area contributed by atoms with Gasteiger partial charge in [-0.25, -0.2) is 0 Å². The van der Waals surface area contributed by atoms with Crippen molar-refractivity contribution in [1.82, 2.24) is 5.32 Å². The Balaban J connectivity index is 2.14. The number of ether oxygens (including phenoxy) is 1. The summed E-state index contributed by atoms with van der Waals surface area (Å²) in [5, 5.41) is 3.41. The molecule has 13 heavy (non-hydrogen) atoms. The molecule has 2 nitrogen and oxygen atoms in total. The zero-order valence-electron chi connectivity index (χ0n) is 9.02. The first kappa shape index (κ1) is 10.7. The molecule has 0 unspecified atom stereocenters. The van der Waals surface area contributed by atoms with Gasteiger partial charge in [-0.15, -0.1) is 0 Å². The summed E-state index contributed by atoms with van der Waals surface area (Å²) in [4.78, 5) is 0. The van der Waals surface area contributed by atoms with Gasteiger partial charge in [0.25, 0.3) is 0 Å². The molecule has 76 valence electrons. The highest BCUT2D eigenvalue weighted by molar-refractivity contribution is 4.96. The Morgan fingerprint density at radius 3 is 2.54 bits per heavy atom. The molecule has 1 rings (SSSR count). The van der Waals surface area contributed by atoms with Crippen molar-refractivity contribution >= 4 is 0 Å². The van der Waals surface area contributed by atoms with Crippen molar-refractivity contribution in [3.8, 4) is 0 Å². The minimum atomic E-state index is 0.162. The molecule has 0 aromatic heterocycles. The largest absolute Gasteiger partial charge is 0.377 e. The Bertz CT molecular complexity index is 173. The van der Waals surface area contributed by atoms with E-state index in [0.717, 1.165) is 13.1 Å². The molecule has 1 aliphatic rings. The topological polar surface area (TPSA) is 21.3 Å². The Kier molecular flexibility index (Phi) is 3.94. The van der Waals surface area contributed by atoms with Gasteiger partial charge >= 0.3 is 0 Å². The number of nitrogens with one attached hydrogen (secondary N) is 1. The number of hydrogen-bond donors (Lipinski definition) is 1. The van der Waals surface area contributed by atoms with Crippen LogP contribution in [0.25, 0.3) is 0 Å². The van der Waals surface area contributed by atoms with E-state index in [1.165, 1.54) is 24.8 Å². The van der Waals surface area contributed by atoms with Gasteiger partial charge in [-0.2, -0.15) is 0 Å². The molecule has 0 radical (unpaired) electrons. The molecule has 0 aliphatic heterocycles. The van der Waals surface area contributed by atoms with Crippen LogP contribution in [0.15, 0.2) is 11.6 Å². The zero-order chi connectivity index (χ0) is 9.73. The summed E-state index contributed by atoms with van der Waals surface area (Å²) in [5.74, 6) is 0. The van der Waals surface area contributed by atoms with Crippen LogP contribution in [0.4, 0.5) is 0 Å². The molecule has 1 fully saturated rings. The first-order chi connectivity index (χ1) is 6.18. The van der Waals surface area contributed by atoms with Gasteiger partial charge in [-0.3, -0.25) is 0 Å². The lowest BCUT2D eigenvalue weighted by atomic mass is 9.80. The molecule has 0 spiro atoms. The Labute approximate surface area is 81.4 Å². The second kappa shape index (κ2) is 4.77. The monoisotopic (exact) mass is 183 g/mol. The van der Waals surface area contributed by atoms with Crippen molar-refractivity contribution in [2.75, 3.05) is 20.2 Å². The quantitative estimate of drug-likeness (QED) is 0.520. The summed E-state index contributed by atoms with van der Waals surface area (Å²) in [6.45, 7) is 6.20. The van der Waals surface area contributed by atoms with Crippen LogP contribution >= 0.6 is 0 Å². The molecule has 0 aromatic carbocycles. The average molecular weight is 183 g/mol. The van der Waals surface area contributed by atoms with Crippen molar-refractivity contribution < 1.29 is 4.74 Å². The summed E-state index contributed by atoms with van der Waals surface area (Å²) in [6, 6.07) is 0. The molecule has 0 atom stereocenters. The first-order valence-corrected chi connectivity index (χ1v) is 5.08. The Morgan fingerprint density at radius 2 is 2.15 bits per heavy atom. The summed E-state index contributed by atoms with van der Waals surface area (Å²) >= 11 is 0. The molecule has 1 saturated carbocycles. The Hall–Kier alpha value is -0.340. The van der Waals surface area contributed by atoms with E-state index in [9.17, 15) is 0 Å². The van der Waals surface area contributed by atoms with Crippen molar-refractivity contribution in [3.63, 3.8) is 0 Å². The third-order valence-electron chi connectivity index (χ3n) is 2.80. The van der Waals surface area contributed by atoms with E-state index in [2.05, 4.69) is 25.2 Å². The van der Waals surface area contributed by atoms with Crippen LogP contribution in [-0.2, 0) is 4.74 Å². The van der Waals surface area contributed by atoms with Gasteiger partial charge in [-0.05, 0) is 33.1 Å². The maximum atomic E-state index is 5.50. The van der Waals surface area contributed by atoms with Gasteiger partial charge in [0.1, 0.15) is 0 Å². The van der Waals surface area contributed by atoms with E-state index < -0.39 is 0 Å². The molecule has 0 bridgehead atoms. The molecular weight excluding hydrogens is 162 g/mol. The SMILES string of the molecule is COC1(CNCC=C(C)C)CCC1. The fourth-order valence-electron chi connectivity index (χ4n) is 1.60. The lowest BCUT2D eigenvalue weighted by molar-refractivity contribution is -0.0687. The highest BCUT2D eigenvalue weighted by Gasteiger charge is 2.36. The number of rotatable bonds is 5. The van der Waals surface area contributed by atoms with E-state index in [1.54, 1.807) is 0 Å². The van der Waals surface area contributed by atoms with Crippen LogP contribution in [-0.4, -0.2) is 25.8 Å². The molecule has 1 N–H and O–H groups in total. The lowest BCUT2D eigenvalue weighted by Crippen LogP contribution is -2.47. The number of allylic oxidation sites excluding steroid dienone is 1. The lowest BCUT2D eigenvalue weighted by Gasteiger charge is -2.40. The molecule has 0 amide bonds. The Morgan fingerprint density at radius 1 is 1.46 bits per heavy atom. The third kappa shape index (κ3) is 3.12. The standard InChI is InChI=1S/C11H21NO/c1-10(2)5-8-12-9-11(13-3)6-4-7-11/h5,12H,4,6-9H2,1-3H3. The van der Waals surface area contributed by atoms with Crippen LogP contribution < -0.4 is 5.32 Å². The maximum absolute atomic E-state index is 5.50. The average Bonchev–Trinajstić information content (AvgIpc) is 2.01. The van der Waals surface area contributed by atoms with Crippen LogP contribution in [0.3, 0.4) is 0 Å². The zero-order valence-corrected chi connectivity index (χ0v) is 9.02. The summed E-state index contributed by atoms with van der Waals surface area (Å²) in [7, 11) is 1.82. The predicted octanol–water partition coefficient (Wildman–Crippen LogP) is 2.11. The fraction of sp³-hybridized carbons (Fsp3) is 0.818. The summed E-state index contributed by atoms with van der Waals surface area (Å²) < 4.78 is 5.50. The molecular formula is C11H21NO. The number of methoxy groups -OCH3 is 1. The minimum Gasteiger partial charge on any atom is -0.377 e. The van der Waals surface area contributed by atoms with Gasteiger partial charge in [0.05, 0.1) is 5.60 Å². The van der Waals surface area contributed by atoms with Gasteiger partial charge in [0.15, 0.2) is 0 Å².